The second-order valence-electron chi connectivity index (χ2n) is 9.84. The lowest BCUT2D eigenvalue weighted by Gasteiger charge is -2.36. The summed E-state index contributed by atoms with van der Waals surface area (Å²) in [7, 11) is 0. The molecule has 204 valence electrons. The number of nitrogens with zero attached hydrogens (tertiary/aromatic N) is 5. The molecule has 0 saturated carbocycles. The molecular weight excluding hydrogens is 484 g/mol. The van der Waals surface area contributed by atoms with Crippen molar-refractivity contribution in [3.63, 3.8) is 0 Å². The Morgan fingerprint density at radius 3 is 2.68 bits per heavy atom. The van der Waals surface area contributed by atoms with Crippen molar-refractivity contribution in [2.75, 3.05) is 57.6 Å². The van der Waals surface area contributed by atoms with Crippen molar-refractivity contribution in [3.8, 4) is 11.4 Å². The highest BCUT2D eigenvalue weighted by Gasteiger charge is 2.25. The van der Waals surface area contributed by atoms with Gasteiger partial charge in [-0.15, -0.1) is 0 Å². The monoisotopic (exact) mass is 522 g/mol. The van der Waals surface area contributed by atoms with Crippen LogP contribution in [0.3, 0.4) is 0 Å². The van der Waals surface area contributed by atoms with Crippen LogP contribution in [0.4, 0.5) is 5.82 Å². The maximum atomic E-state index is 11.4. The smallest absolute Gasteiger partial charge is 0.220 e. The predicted octanol–water partition coefficient (Wildman–Crippen LogP) is 1.69. The number of carbonyl (C=O) groups is 1. The number of amidine groups is 1. The van der Waals surface area contributed by atoms with Crippen LogP contribution in [0.5, 0.6) is 0 Å². The third-order valence-electron chi connectivity index (χ3n) is 6.97. The van der Waals surface area contributed by atoms with Gasteiger partial charge in [0.1, 0.15) is 17.5 Å². The van der Waals surface area contributed by atoms with Gasteiger partial charge in [0.25, 0.3) is 0 Å². The Morgan fingerprint density at radius 2 is 2.05 bits per heavy atom. The fourth-order valence-electron chi connectivity index (χ4n) is 4.46. The minimum Gasteiger partial charge on any atom is -0.381 e. The molecule has 1 unspecified atom stereocenters. The first-order valence-electron chi connectivity index (χ1n) is 13.0. The number of amides is 1. The van der Waals surface area contributed by atoms with E-state index >= 15 is 0 Å². The molecule has 3 saturated heterocycles. The van der Waals surface area contributed by atoms with Crippen LogP contribution in [-0.4, -0.2) is 100 Å². The van der Waals surface area contributed by atoms with E-state index in [4.69, 9.17) is 26.0 Å². The van der Waals surface area contributed by atoms with Crippen molar-refractivity contribution in [1.29, 1.82) is 5.41 Å². The summed E-state index contributed by atoms with van der Waals surface area (Å²) < 4.78 is 5.54. The molecule has 0 aliphatic carbocycles. The van der Waals surface area contributed by atoms with Gasteiger partial charge in [-0.3, -0.25) is 15.1 Å². The first kappa shape index (κ1) is 27.5. The Kier molecular flexibility index (Phi) is 9.27. The number of hydrogen-bond acceptors (Lipinski definition) is 8. The minimum atomic E-state index is -0.216. The molecule has 0 spiro atoms. The normalized spacial score (nSPS) is 20.2. The molecular formula is C27H38N8O3. The summed E-state index contributed by atoms with van der Waals surface area (Å²) >= 11 is 0. The molecule has 0 radical (unpaired) electrons. The van der Waals surface area contributed by atoms with Crippen LogP contribution in [0.15, 0.2) is 42.6 Å². The first-order chi connectivity index (χ1) is 18.4. The number of ether oxygens (including phenoxy) is 1. The van der Waals surface area contributed by atoms with E-state index in [1.165, 1.54) is 0 Å². The zero-order chi connectivity index (χ0) is 27.1. The fourth-order valence-corrected chi connectivity index (χ4v) is 4.46. The molecule has 2 aromatic rings. The van der Waals surface area contributed by atoms with Crippen molar-refractivity contribution in [3.05, 3.63) is 48.4 Å². The lowest BCUT2D eigenvalue weighted by molar-refractivity contribution is -0.122. The average Bonchev–Trinajstić information content (AvgIpc) is 3.68. The molecule has 1 atom stereocenters. The van der Waals surface area contributed by atoms with Crippen molar-refractivity contribution in [1.82, 2.24) is 24.8 Å². The number of carbonyl (C=O) groups excluding carboxylic acids is 1. The zero-order valence-corrected chi connectivity index (χ0v) is 22.0. The third kappa shape index (κ3) is 7.27. The number of nitrogens with one attached hydrogen (secondary N) is 2. The van der Waals surface area contributed by atoms with Crippen LogP contribution in [-0.2, 0) is 9.53 Å². The molecule has 3 aliphatic rings. The zero-order valence-electron chi connectivity index (χ0n) is 22.0. The Bertz CT molecular complexity index is 1150. The van der Waals surface area contributed by atoms with E-state index in [1.807, 2.05) is 34.9 Å². The van der Waals surface area contributed by atoms with Gasteiger partial charge in [-0.25, -0.2) is 9.97 Å². The number of hydrogen-bond donors (Lipinski definition) is 4. The second-order valence-corrected chi connectivity index (χ2v) is 9.84. The van der Waals surface area contributed by atoms with Gasteiger partial charge in [-0.05, 0) is 44.1 Å². The van der Waals surface area contributed by atoms with Gasteiger partial charge >= 0.3 is 0 Å². The van der Waals surface area contributed by atoms with E-state index in [0.29, 0.717) is 31.4 Å². The fraction of sp³-hybridized carbons (Fsp3) is 0.481. The molecule has 2 aromatic heterocycles. The van der Waals surface area contributed by atoms with Crippen LogP contribution in [0.2, 0.25) is 0 Å². The highest BCUT2D eigenvalue weighted by Crippen LogP contribution is 2.24. The van der Waals surface area contributed by atoms with Gasteiger partial charge in [0.15, 0.2) is 0 Å². The molecule has 3 aliphatic heterocycles. The molecule has 5 rings (SSSR count). The number of H-pyrrole nitrogens is 1. The molecule has 5 heterocycles. The number of pyridine rings is 1. The van der Waals surface area contributed by atoms with Gasteiger partial charge in [-0.2, -0.15) is 0 Å². The van der Waals surface area contributed by atoms with Crippen LogP contribution >= 0.6 is 0 Å². The Balaban J connectivity index is 0.000000603. The number of aliphatic hydroxyl groups excluding tert-OH is 1. The molecule has 0 aromatic carbocycles. The van der Waals surface area contributed by atoms with E-state index in [0.717, 1.165) is 61.8 Å². The van der Waals surface area contributed by atoms with Gasteiger partial charge in [-0.1, -0.05) is 18.2 Å². The van der Waals surface area contributed by atoms with Crippen LogP contribution in [0.25, 0.3) is 17.5 Å². The summed E-state index contributed by atoms with van der Waals surface area (Å²) in [4.78, 5) is 30.0. The van der Waals surface area contributed by atoms with Gasteiger partial charge in [0, 0.05) is 38.6 Å². The second kappa shape index (κ2) is 12.8. The van der Waals surface area contributed by atoms with Crippen molar-refractivity contribution >= 4 is 23.6 Å². The lowest BCUT2D eigenvalue weighted by Crippen LogP contribution is -2.48. The summed E-state index contributed by atoms with van der Waals surface area (Å²) in [6.45, 7) is 11.8. The van der Waals surface area contributed by atoms with Gasteiger partial charge < -0.3 is 30.4 Å². The van der Waals surface area contributed by atoms with Gasteiger partial charge in [0.2, 0.25) is 5.91 Å². The van der Waals surface area contributed by atoms with Crippen LogP contribution in [0.1, 0.15) is 25.6 Å². The number of anilines is 1. The summed E-state index contributed by atoms with van der Waals surface area (Å²) in [5, 5.41) is 16.6. The Morgan fingerprint density at radius 1 is 1.29 bits per heavy atom. The number of morpholine rings is 1. The van der Waals surface area contributed by atoms with Gasteiger partial charge in [0.05, 0.1) is 43.6 Å². The van der Waals surface area contributed by atoms with Crippen molar-refractivity contribution in [2.45, 2.75) is 25.8 Å². The highest BCUT2D eigenvalue weighted by molar-refractivity contribution is 5.94. The summed E-state index contributed by atoms with van der Waals surface area (Å²) in [5.41, 5.74) is 8.03. The number of primary amides is 1. The van der Waals surface area contributed by atoms with E-state index < -0.39 is 0 Å². The number of aromatic amines is 1. The average molecular weight is 523 g/mol. The van der Waals surface area contributed by atoms with E-state index in [-0.39, 0.29) is 24.6 Å². The quantitative estimate of drug-likeness (QED) is 0.186. The third-order valence-corrected chi connectivity index (χ3v) is 6.97. The van der Waals surface area contributed by atoms with Crippen LogP contribution in [0, 0.1) is 11.3 Å². The molecule has 11 heteroatoms. The van der Waals surface area contributed by atoms with Crippen molar-refractivity contribution in [2.24, 2.45) is 11.7 Å². The standard InChI is InChI=1S/C24H31N7O2.C3H7NO/c1-16(2)20-15-33-13-12-31(20)21(25)6-7-22-27-14-19(28-22)18-4-3-5-23(29-18)30-10-8-17(9-11-30)24(26)32;5-3-4-1-2-4/h3-7,14,17,20,25H,1,8-13,15H2,2H3,(H2,26,32)(H,27,28);5H,1-3H2/b7-6-,25-21?;. The Hall–Kier alpha value is -3.54. The molecule has 0 bridgehead atoms. The first-order valence-corrected chi connectivity index (χ1v) is 13.0. The maximum Gasteiger partial charge on any atom is 0.220 e. The highest BCUT2D eigenvalue weighted by atomic mass is 16.5. The minimum absolute atomic E-state index is 0.0167. The number of nitrogens with two attached hydrogens (primary N) is 1. The number of aromatic nitrogens is 3. The SMILES string of the molecule is C=C(C)C1COCCN1C(=N)/C=C\c1ncc(-c2cccc(N3CCC(C(N)=O)CC3)n2)[nH]1.OCN1CC1. The van der Waals surface area contributed by atoms with E-state index in [9.17, 15) is 4.79 Å². The topological polar surface area (TPSA) is 147 Å². The molecule has 3 fully saturated rings. The number of rotatable bonds is 7. The Labute approximate surface area is 223 Å². The maximum absolute atomic E-state index is 11.4. The summed E-state index contributed by atoms with van der Waals surface area (Å²) in [6.07, 6.45) is 6.80. The molecule has 11 nitrogen and oxygen atoms in total. The molecule has 1 amide bonds. The summed E-state index contributed by atoms with van der Waals surface area (Å²) in [6, 6.07) is 5.91. The van der Waals surface area contributed by atoms with Crippen molar-refractivity contribution < 1.29 is 14.6 Å². The van der Waals surface area contributed by atoms with Crippen LogP contribution < -0.4 is 10.6 Å². The number of piperidine rings is 1. The summed E-state index contributed by atoms with van der Waals surface area (Å²) in [5.74, 6) is 1.68. The van der Waals surface area contributed by atoms with E-state index in [2.05, 4.69) is 21.4 Å². The number of aliphatic hydroxyl groups is 1. The largest absolute Gasteiger partial charge is 0.381 e. The lowest BCUT2D eigenvalue weighted by atomic mass is 9.96. The number of imidazole rings is 1. The molecule has 38 heavy (non-hydrogen) atoms. The van der Waals surface area contributed by atoms with E-state index in [1.54, 1.807) is 18.3 Å². The molecule has 5 N–H and O–H groups in total. The predicted molar refractivity (Wildman–Crippen MR) is 147 cm³/mol.